The molecule has 20 heavy (non-hydrogen) atoms. The Labute approximate surface area is 121 Å². The van der Waals surface area contributed by atoms with Gasteiger partial charge in [0.05, 0.1) is 6.10 Å². The number of nitrogens with one attached hydrogen (secondary N) is 1. The van der Waals surface area contributed by atoms with Crippen molar-refractivity contribution in [2.75, 3.05) is 18.9 Å². The number of hydrogen-bond donors (Lipinski definition) is 2. The maximum absolute atomic E-state index is 12.1. The van der Waals surface area contributed by atoms with Crippen molar-refractivity contribution in [3.8, 4) is 0 Å². The second kappa shape index (κ2) is 7.90. The minimum atomic E-state index is -0.0565. The molecule has 1 aromatic rings. The van der Waals surface area contributed by atoms with E-state index in [-0.39, 0.29) is 12.0 Å². The van der Waals surface area contributed by atoms with Gasteiger partial charge in [0, 0.05) is 24.4 Å². The number of anilines is 1. The molecule has 0 saturated heterocycles. The van der Waals surface area contributed by atoms with Gasteiger partial charge in [-0.25, -0.2) is 0 Å². The predicted octanol–water partition coefficient (Wildman–Crippen LogP) is 2.82. The van der Waals surface area contributed by atoms with E-state index in [0.717, 1.165) is 30.6 Å². The van der Waals surface area contributed by atoms with Crippen LogP contribution >= 0.6 is 0 Å². The highest BCUT2D eigenvalue weighted by Gasteiger charge is 2.10. The predicted molar refractivity (Wildman–Crippen MR) is 83.0 cm³/mol. The minimum Gasteiger partial charge on any atom is -0.398 e. The number of benzene rings is 1. The van der Waals surface area contributed by atoms with Crippen LogP contribution in [0.1, 0.15) is 48.2 Å². The Balaban J connectivity index is 2.38. The molecular formula is C16H26N2O2. The number of amides is 1. The number of rotatable bonds is 7. The summed E-state index contributed by atoms with van der Waals surface area (Å²) in [6, 6.07) is 3.70. The maximum atomic E-state index is 12.1. The lowest BCUT2D eigenvalue weighted by Gasteiger charge is -2.11. The number of hydrogen-bond acceptors (Lipinski definition) is 3. The van der Waals surface area contributed by atoms with E-state index in [2.05, 4.69) is 5.32 Å². The van der Waals surface area contributed by atoms with Gasteiger partial charge in [0.2, 0.25) is 0 Å². The molecule has 0 aliphatic rings. The Hall–Kier alpha value is -1.55. The summed E-state index contributed by atoms with van der Waals surface area (Å²) in [5.74, 6) is -0.0565. The maximum Gasteiger partial charge on any atom is 0.251 e. The first-order valence-electron chi connectivity index (χ1n) is 7.18. The van der Waals surface area contributed by atoms with Crippen LogP contribution in [0.15, 0.2) is 12.1 Å². The van der Waals surface area contributed by atoms with Crippen LogP contribution in [-0.4, -0.2) is 25.2 Å². The molecule has 3 N–H and O–H groups in total. The van der Waals surface area contributed by atoms with Crippen LogP contribution in [0.3, 0.4) is 0 Å². The number of carbonyl (C=O) groups excluding carboxylic acids is 1. The summed E-state index contributed by atoms with van der Waals surface area (Å²) in [4.78, 5) is 12.1. The third kappa shape index (κ3) is 5.21. The first-order chi connectivity index (χ1) is 9.41. The molecule has 1 rings (SSSR count). The standard InChI is InChI=1S/C16H26N2O2/c1-11(2)20-8-6-5-7-18-16(19)14-10-15(17)13(4)9-12(14)3/h9-11H,5-8,17H2,1-4H3,(H,18,19). The average molecular weight is 278 g/mol. The van der Waals surface area contributed by atoms with Gasteiger partial charge in [-0.2, -0.15) is 0 Å². The Bertz CT molecular complexity index is 456. The van der Waals surface area contributed by atoms with Crippen LogP contribution in [0.5, 0.6) is 0 Å². The van der Waals surface area contributed by atoms with Gasteiger partial charge in [-0.1, -0.05) is 6.07 Å². The van der Waals surface area contributed by atoms with Crippen molar-refractivity contribution in [1.82, 2.24) is 5.32 Å². The van der Waals surface area contributed by atoms with Gasteiger partial charge in [-0.3, -0.25) is 4.79 Å². The molecule has 0 radical (unpaired) electrons. The highest BCUT2D eigenvalue weighted by Crippen LogP contribution is 2.17. The van der Waals surface area contributed by atoms with Gasteiger partial charge in [0.1, 0.15) is 0 Å². The summed E-state index contributed by atoms with van der Waals surface area (Å²) in [5.41, 5.74) is 9.13. The molecular weight excluding hydrogens is 252 g/mol. The number of aryl methyl sites for hydroxylation is 2. The zero-order valence-electron chi connectivity index (χ0n) is 13.0. The van der Waals surface area contributed by atoms with E-state index in [4.69, 9.17) is 10.5 Å². The second-order valence-electron chi connectivity index (χ2n) is 5.41. The molecule has 1 amide bonds. The van der Waals surface area contributed by atoms with Crippen molar-refractivity contribution in [2.45, 2.75) is 46.6 Å². The van der Waals surface area contributed by atoms with E-state index in [9.17, 15) is 4.79 Å². The van der Waals surface area contributed by atoms with Crippen molar-refractivity contribution in [2.24, 2.45) is 0 Å². The number of nitrogen functional groups attached to an aromatic ring is 1. The van der Waals surface area contributed by atoms with Crippen LogP contribution in [0.4, 0.5) is 5.69 Å². The first kappa shape index (κ1) is 16.5. The molecule has 0 unspecified atom stereocenters. The first-order valence-corrected chi connectivity index (χ1v) is 7.18. The van der Waals surface area contributed by atoms with Crippen LogP contribution in [0, 0.1) is 13.8 Å². The largest absolute Gasteiger partial charge is 0.398 e. The third-order valence-corrected chi connectivity index (χ3v) is 3.17. The van der Waals surface area contributed by atoms with E-state index in [1.54, 1.807) is 6.07 Å². The SMILES string of the molecule is Cc1cc(C)c(C(=O)NCCCCOC(C)C)cc1N. The fourth-order valence-corrected chi connectivity index (χ4v) is 1.96. The number of ether oxygens (including phenoxy) is 1. The normalized spacial score (nSPS) is 10.8. The van der Waals surface area contributed by atoms with E-state index >= 15 is 0 Å². The van der Waals surface area contributed by atoms with Crippen molar-refractivity contribution >= 4 is 11.6 Å². The molecule has 0 aliphatic carbocycles. The van der Waals surface area contributed by atoms with Crippen molar-refractivity contribution < 1.29 is 9.53 Å². The molecule has 0 heterocycles. The Kier molecular flexibility index (Phi) is 6.52. The minimum absolute atomic E-state index is 0.0565. The van der Waals surface area contributed by atoms with Crippen molar-refractivity contribution in [1.29, 1.82) is 0 Å². The lowest BCUT2D eigenvalue weighted by molar-refractivity contribution is 0.0754. The summed E-state index contributed by atoms with van der Waals surface area (Å²) < 4.78 is 5.45. The zero-order chi connectivity index (χ0) is 15.1. The van der Waals surface area contributed by atoms with E-state index in [1.807, 2.05) is 33.8 Å². The van der Waals surface area contributed by atoms with Crippen molar-refractivity contribution in [3.63, 3.8) is 0 Å². The molecule has 0 atom stereocenters. The van der Waals surface area contributed by atoms with Crippen LogP contribution < -0.4 is 11.1 Å². The van der Waals surface area contributed by atoms with Crippen LogP contribution in [0.25, 0.3) is 0 Å². The number of unbranched alkanes of at least 4 members (excludes halogenated alkanes) is 1. The van der Waals surface area contributed by atoms with E-state index in [0.29, 0.717) is 17.8 Å². The number of carbonyl (C=O) groups is 1. The molecule has 0 saturated carbocycles. The van der Waals surface area contributed by atoms with E-state index < -0.39 is 0 Å². The lowest BCUT2D eigenvalue weighted by atomic mass is 10.0. The Morgan fingerprint density at radius 1 is 1.25 bits per heavy atom. The molecule has 0 spiro atoms. The third-order valence-electron chi connectivity index (χ3n) is 3.17. The molecule has 0 fully saturated rings. The van der Waals surface area contributed by atoms with Gasteiger partial charge < -0.3 is 15.8 Å². The smallest absolute Gasteiger partial charge is 0.251 e. The molecule has 112 valence electrons. The summed E-state index contributed by atoms with van der Waals surface area (Å²) in [6.45, 7) is 9.31. The fourth-order valence-electron chi connectivity index (χ4n) is 1.96. The number of nitrogens with two attached hydrogens (primary N) is 1. The van der Waals surface area contributed by atoms with Gasteiger partial charge in [0.15, 0.2) is 0 Å². The zero-order valence-corrected chi connectivity index (χ0v) is 13.0. The molecule has 1 aromatic carbocycles. The Morgan fingerprint density at radius 3 is 2.60 bits per heavy atom. The monoisotopic (exact) mass is 278 g/mol. The molecule has 0 aliphatic heterocycles. The average Bonchev–Trinajstić information content (AvgIpc) is 2.37. The second-order valence-corrected chi connectivity index (χ2v) is 5.41. The van der Waals surface area contributed by atoms with Crippen molar-refractivity contribution in [3.05, 3.63) is 28.8 Å². The highest BCUT2D eigenvalue weighted by molar-refractivity contribution is 5.96. The lowest BCUT2D eigenvalue weighted by Crippen LogP contribution is -2.25. The van der Waals surface area contributed by atoms with Crippen LogP contribution in [0.2, 0.25) is 0 Å². The van der Waals surface area contributed by atoms with Gasteiger partial charge in [-0.05, 0) is 57.7 Å². The van der Waals surface area contributed by atoms with E-state index in [1.165, 1.54) is 0 Å². The highest BCUT2D eigenvalue weighted by atomic mass is 16.5. The molecule has 0 bridgehead atoms. The topological polar surface area (TPSA) is 64.3 Å². The fraction of sp³-hybridized carbons (Fsp3) is 0.562. The molecule has 4 heteroatoms. The summed E-state index contributed by atoms with van der Waals surface area (Å²) in [7, 11) is 0. The molecule has 0 aromatic heterocycles. The summed E-state index contributed by atoms with van der Waals surface area (Å²) in [6.07, 6.45) is 2.13. The summed E-state index contributed by atoms with van der Waals surface area (Å²) >= 11 is 0. The van der Waals surface area contributed by atoms with Crippen LogP contribution in [-0.2, 0) is 4.74 Å². The van der Waals surface area contributed by atoms with Gasteiger partial charge >= 0.3 is 0 Å². The van der Waals surface area contributed by atoms with Gasteiger partial charge in [-0.15, -0.1) is 0 Å². The Morgan fingerprint density at radius 2 is 1.95 bits per heavy atom. The van der Waals surface area contributed by atoms with Gasteiger partial charge in [0.25, 0.3) is 5.91 Å². The summed E-state index contributed by atoms with van der Waals surface area (Å²) in [5, 5.41) is 2.92. The molecule has 4 nitrogen and oxygen atoms in total. The quantitative estimate of drug-likeness (QED) is 0.595.